The summed E-state index contributed by atoms with van der Waals surface area (Å²) in [6.45, 7) is 0.417. The Hall–Kier alpha value is -1.30. The summed E-state index contributed by atoms with van der Waals surface area (Å²) >= 11 is 0. The van der Waals surface area contributed by atoms with Gasteiger partial charge < -0.3 is 10.6 Å². The Morgan fingerprint density at radius 1 is 1.28 bits per heavy atom. The van der Waals surface area contributed by atoms with Crippen LogP contribution in [-0.4, -0.2) is 36.0 Å². The van der Waals surface area contributed by atoms with Gasteiger partial charge in [0.15, 0.2) is 0 Å². The Bertz CT molecular complexity index is 398. The molecule has 0 saturated carbocycles. The molecular weight excluding hydrogens is 238 g/mol. The number of nitrogens with zero attached hydrogens (tertiary/aromatic N) is 3. The second-order valence-corrected chi connectivity index (χ2v) is 4.46. The van der Waals surface area contributed by atoms with Gasteiger partial charge in [0, 0.05) is 24.3 Å². The van der Waals surface area contributed by atoms with Gasteiger partial charge in [-0.25, -0.2) is 18.7 Å². The zero-order chi connectivity index (χ0) is 13.0. The summed E-state index contributed by atoms with van der Waals surface area (Å²) in [5, 5.41) is 0. The predicted octanol–water partition coefficient (Wildman–Crippen LogP) is 1.39. The molecule has 100 valence electrons. The first kappa shape index (κ1) is 13.1. The monoisotopic (exact) mass is 256 g/mol. The fraction of sp³-hybridized carbons (Fsp3) is 0.667. The molecule has 0 aliphatic heterocycles. The lowest BCUT2D eigenvalue weighted by Gasteiger charge is -2.27. The second-order valence-electron chi connectivity index (χ2n) is 4.46. The van der Waals surface area contributed by atoms with Gasteiger partial charge in [-0.05, 0) is 25.7 Å². The van der Waals surface area contributed by atoms with Crippen molar-refractivity contribution in [3.8, 4) is 0 Å². The highest BCUT2D eigenvalue weighted by Gasteiger charge is 2.21. The predicted molar refractivity (Wildman–Crippen MR) is 65.9 cm³/mol. The first-order valence-electron chi connectivity index (χ1n) is 6.28. The van der Waals surface area contributed by atoms with Crippen LogP contribution in [0.5, 0.6) is 0 Å². The highest BCUT2D eigenvalue weighted by atomic mass is 19.3. The number of fused-ring (bicyclic) bond motifs is 1. The van der Waals surface area contributed by atoms with Gasteiger partial charge in [0.1, 0.15) is 12.1 Å². The number of alkyl halides is 2. The minimum Gasteiger partial charge on any atom is -0.349 e. The molecule has 0 spiro atoms. The van der Waals surface area contributed by atoms with E-state index in [0.717, 1.165) is 36.9 Å². The maximum atomic E-state index is 12.6. The number of nitrogens with two attached hydrogens (primary N) is 1. The lowest BCUT2D eigenvalue weighted by Crippen LogP contribution is -2.35. The number of rotatable bonds is 5. The first-order chi connectivity index (χ1) is 8.72. The molecule has 18 heavy (non-hydrogen) atoms. The van der Waals surface area contributed by atoms with Gasteiger partial charge in [0.25, 0.3) is 6.43 Å². The third-order valence-corrected chi connectivity index (χ3v) is 3.16. The van der Waals surface area contributed by atoms with Crippen molar-refractivity contribution in [1.82, 2.24) is 9.97 Å². The molecule has 0 unspecified atom stereocenters. The molecule has 1 aliphatic rings. The van der Waals surface area contributed by atoms with Crippen molar-refractivity contribution in [2.24, 2.45) is 5.73 Å². The average Bonchev–Trinajstić information content (AvgIpc) is 2.37. The molecule has 1 aromatic rings. The van der Waals surface area contributed by atoms with Crippen molar-refractivity contribution >= 4 is 5.82 Å². The highest BCUT2D eigenvalue weighted by molar-refractivity contribution is 5.49. The summed E-state index contributed by atoms with van der Waals surface area (Å²) in [6, 6.07) is 0. The maximum Gasteiger partial charge on any atom is 0.255 e. The second kappa shape index (κ2) is 6.04. The van der Waals surface area contributed by atoms with E-state index in [4.69, 9.17) is 5.73 Å². The van der Waals surface area contributed by atoms with Gasteiger partial charge in [0.2, 0.25) is 0 Å². The summed E-state index contributed by atoms with van der Waals surface area (Å²) < 4.78 is 25.2. The Balaban J connectivity index is 2.28. The molecule has 0 aromatic carbocycles. The molecule has 0 amide bonds. The molecule has 4 nitrogen and oxygen atoms in total. The van der Waals surface area contributed by atoms with E-state index in [1.807, 2.05) is 0 Å². The van der Waals surface area contributed by atoms with Crippen LogP contribution >= 0.6 is 0 Å². The number of aromatic nitrogens is 2. The third kappa shape index (κ3) is 2.93. The topological polar surface area (TPSA) is 55.0 Å². The van der Waals surface area contributed by atoms with Crippen molar-refractivity contribution in [2.45, 2.75) is 32.1 Å². The average molecular weight is 256 g/mol. The van der Waals surface area contributed by atoms with Crippen LogP contribution in [0.15, 0.2) is 6.33 Å². The Morgan fingerprint density at radius 3 is 2.78 bits per heavy atom. The summed E-state index contributed by atoms with van der Waals surface area (Å²) in [4.78, 5) is 10.0. The van der Waals surface area contributed by atoms with Gasteiger partial charge in [-0.3, -0.25) is 0 Å². The van der Waals surface area contributed by atoms with Gasteiger partial charge >= 0.3 is 0 Å². The smallest absolute Gasteiger partial charge is 0.255 e. The Labute approximate surface area is 105 Å². The van der Waals surface area contributed by atoms with Crippen molar-refractivity contribution in [3.05, 3.63) is 17.6 Å². The van der Waals surface area contributed by atoms with Gasteiger partial charge in [0.05, 0.1) is 6.54 Å². The number of halogens is 2. The molecule has 0 atom stereocenters. The normalized spacial score (nSPS) is 14.7. The van der Waals surface area contributed by atoms with Crippen molar-refractivity contribution in [3.63, 3.8) is 0 Å². The zero-order valence-corrected chi connectivity index (χ0v) is 10.3. The molecule has 0 fully saturated rings. The minimum absolute atomic E-state index is 0.319. The molecule has 1 heterocycles. The van der Waals surface area contributed by atoms with E-state index in [9.17, 15) is 8.78 Å². The highest BCUT2D eigenvalue weighted by Crippen LogP contribution is 2.27. The molecule has 0 bridgehead atoms. The van der Waals surface area contributed by atoms with E-state index in [-0.39, 0.29) is 6.54 Å². The molecule has 0 saturated heterocycles. The molecule has 1 aromatic heterocycles. The standard InChI is InChI=1S/C12H18F2N4/c13-11(14)7-18(6-5-15)12-9-3-1-2-4-10(9)16-8-17-12/h8,11H,1-7,15H2. The molecule has 0 radical (unpaired) electrons. The fourth-order valence-electron chi connectivity index (χ4n) is 2.38. The maximum absolute atomic E-state index is 12.6. The van der Waals surface area contributed by atoms with Crippen LogP contribution in [-0.2, 0) is 12.8 Å². The summed E-state index contributed by atoms with van der Waals surface area (Å²) in [7, 11) is 0. The summed E-state index contributed by atoms with van der Waals surface area (Å²) in [6.07, 6.45) is 3.04. The van der Waals surface area contributed by atoms with Gasteiger partial charge in [-0.2, -0.15) is 0 Å². The van der Waals surface area contributed by atoms with Crippen molar-refractivity contribution < 1.29 is 8.78 Å². The molecule has 2 N–H and O–H groups in total. The number of hydrogen-bond donors (Lipinski definition) is 1. The minimum atomic E-state index is -2.38. The van der Waals surface area contributed by atoms with Crippen LogP contribution in [0.1, 0.15) is 24.1 Å². The van der Waals surface area contributed by atoms with E-state index in [1.165, 1.54) is 6.33 Å². The van der Waals surface area contributed by atoms with Crippen LogP contribution < -0.4 is 10.6 Å². The van der Waals surface area contributed by atoms with Crippen molar-refractivity contribution in [1.29, 1.82) is 0 Å². The largest absolute Gasteiger partial charge is 0.349 e. The van der Waals surface area contributed by atoms with Crippen LogP contribution in [0.4, 0.5) is 14.6 Å². The molecular formula is C12H18F2N4. The molecule has 6 heteroatoms. The van der Waals surface area contributed by atoms with Crippen LogP contribution in [0, 0.1) is 0 Å². The zero-order valence-electron chi connectivity index (χ0n) is 10.3. The quantitative estimate of drug-likeness (QED) is 0.865. The SMILES string of the molecule is NCCN(CC(F)F)c1ncnc2c1CCCC2. The van der Waals surface area contributed by atoms with Gasteiger partial charge in [-0.1, -0.05) is 0 Å². The van der Waals surface area contributed by atoms with E-state index >= 15 is 0 Å². The third-order valence-electron chi connectivity index (χ3n) is 3.16. The number of anilines is 1. The number of aryl methyl sites for hydroxylation is 1. The molecule has 2 rings (SSSR count). The van der Waals surface area contributed by atoms with E-state index in [0.29, 0.717) is 18.9 Å². The van der Waals surface area contributed by atoms with Crippen molar-refractivity contribution in [2.75, 3.05) is 24.5 Å². The Morgan fingerprint density at radius 2 is 2.06 bits per heavy atom. The first-order valence-corrected chi connectivity index (χ1v) is 6.28. The lowest BCUT2D eigenvalue weighted by atomic mass is 9.96. The van der Waals surface area contributed by atoms with E-state index < -0.39 is 6.43 Å². The fourth-order valence-corrected chi connectivity index (χ4v) is 2.38. The summed E-state index contributed by atoms with van der Waals surface area (Å²) in [5.41, 5.74) is 7.52. The summed E-state index contributed by atoms with van der Waals surface area (Å²) in [5.74, 6) is 0.644. The number of hydrogen-bond acceptors (Lipinski definition) is 4. The molecule has 1 aliphatic carbocycles. The lowest BCUT2D eigenvalue weighted by molar-refractivity contribution is 0.154. The van der Waals surface area contributed by atoms with E-state index in [2.05, 4.69) is 9.97 Å². The van der Waals surface area contributed by atoms with Crippen LogP contribution in [0.3, 0.4) is 0 Å². The van der Waals surface area contributed by atoms with E-state index in [1.54, 1.807) is 4.90 Å². The van der Waals surface area contributed by atoms with Gasteiger partial charge in [-0.15, -0.1) is 0 Å². The van der Waals surface area contributed by atoms with Crippen LogP contribution in [0.2, 0.25) is 0 Å². The van der Waals surface area contributed by atoms with Crippen LogP contribution in [0.25, 0.3) is 0 Å². The Kier molecular flexibility index (Phi) is 4.41.